The Hall–Kier alpha value is -0.0400. The summed E-state index contributed by atoms with van der Waals surface area (Å²) in [6.45, 7) is 1.63. The van der Waals surface area contributed by atoms with Crippen LogP contribution in [0.25, 0.3) is 0 Å². The van der Waals surface area contributed by atoms with Crippen molar-refractivity contribution in [3.8, 4) is 0 Å². The second-order valence-electron chi connectivity index (χ2n) is 1.97. The normalized spacial score (nSPS) is 105. The molecule has 2 unspecified atom stereocenters. The first-order valence-electron chi connectivity index (χ1n) is 8.12. The first-order chi connectivity index (χ1) is 8.44. The van der Waals surface area contributed by atoms with E-state index in [1.807, 2.05) is 0 Å². The third kappa shape index (κ3) is 1.45. The minimum Gasteiger partial charge on any atom is -0.327 e. The lowest BCUT2D eigenvalue weighted by atomic mass is 9.79. The van der Waals surface area contributed by atoms with Gasteiger partial charge in [-0.05, 0) is 24.5 Å². The molecule has 1 aliphatic rings. The van der Waals surface area contributed by atoms with Crippen LogP contribution in [0.3, 0.4) is 0 Å². The molecule has 2 N–H and O–H groups in total. The van der Waals surface area contributed by atoms with Crippen LogP contribution < -0.4 is 5.72 Å². The molecule has 1 saturated carbocycles. The van der Waals surface area contributed by atoms with Gasteiger partial charge in [-0.2, -0.15) is 0 Å². The third-order valence-electron chi connectivity index (χ3n) is 1.21. The Bertz CT molecular complexity index is 383. The van der Waals surface area contributed by atoms with Gasteiger partial charge in [0.15, 0.2) is 0 Å². The Morgan fingerprint density at radius 3 is 2.56 bits per heavy atom. The summed E-state index contributed by atoms with van der Waals surface area (Å²) >= 11 is 0. The van der Waals surface area contributed by atoms with E-state index in [4.69, 9.17) is 15.2 Å². The molecular weight excluding hydrogens is 110 g/mol. The Balaban J connectivity index is 3.83. The fraction of sp³-hybridized carbons (Fsp3) is 1.00. The van der Waals surface area contributed by atoms with Crippen LogP contribution in [0.15, 0.2) is 0 Å². The molecule has 0 aliphatic heterocycles. The summed E-state index contributed by atoms with van der Waals surface area (Å²) in [6, 6.07) is -2.95. The summed E-state index contributed by atoms with van der Waals surface area (Å²) in [7, 11) is 0. The van der Waals surface area contributed by atoms with Crippen LogP contribution in [0.1, 0.15) is 45.3 Å². The zero-order valence-electron chi connectivity index (χ0n) is 16.4. The molecule has 1 heteroatoms. The molecule has 2 atom stereocenters. The largest absolute Gasteiger partial charge is 0.327 e. The van der Waals surface area contributed by atoms with Crippen LogP contribution in [0.5, 0.6) is 0 Å². The van der Waals surface area contributed by atoms with Crippen molar-refractivity contribution < 1.29 is 15.2 Å². The highest BCUT2D eigenvalue weighted by molar-refractivity contribution is 4.79. The van der Waals surface area contributed by atoms with Crippen LogP contribution in [-0.2, 0) is 0 Å². The molecule has 0 saturated heterocycles. The second kappa shape index (κ2) is 2.70. The minimum absolute atomic E-state index is 0.377. The summed E-state index contributed by atoms with van der Waals surface area (Å²) < 4.78 is 85.3. The van der Waals surface area contributed by atoms with Crippen LogP contribution in [0.2, 0.25) is 2.82 Å². The van der Waals surface area contributed by atoms with Gasteiger partial charge in [0.1, 0.15) is 2.82 Å². The molecule has 0 heterocycles. The summed E-state index contributed by atoms with van der Waals surface area (Å²) in [5, 5.41) is 0. The molecule has 0 spiro atoms. The molecule has 1 rings (SSSR count). The fourth-order valence-electron chi connectivity index (χ4n) is 0.618. The van der Waals surface area contributed by atoms with Crippen molar-refractivity contribution in [2.75, 3.05) is 0 Å². The lowest BCUT2D eigenvalue weighted by Gasteiger charge is -2.31. The van der Waals surface area contributed by atoms with Gasteiger partial charge in [-0.1, -0.05) is 20.2 Å². The molecule has 0 aromatic heterocycles. The molecule has 0 amide bonds. The Morgan fingerprint density at radius 1 is 1.56 bits per heavy atom. The molecule has 1 aliphatic carbocycles. The van der Waals surface area contributed by atoms with Gasteiger partial charge in [-0.25, -0.2) is 0 Å². The summed E-state index contributed by atoms with van der Waals surface area (Å²) in [4.78, 5) is 0. The standard InChI is InChI=1S/C8H17N/c1-6-4-3-5-7(2)8(6)9/h6-8H,3-5,9H2,1-2H3/i3D2,4D2,5D2,6D,7D,8D/hD2. The average Bonchev–Trinajstić information content (AvgIpc) is 2.24. The Morgan fingerprint density at radius 2 is 2.11 bits per heavy atom. The van der Waals surface area contributed by atoms with Gasteiger partial charge in [0.05, 0.1) is 0 Å². The van der Waals surface area contributed by atoms with Crippen molar-refractivity contribution in [1.29, 1.82) is 0 Å². The van der Waals surface area contributed by atoms with Gasteiger partial charge < -0.3 is 5.72 Å². The maximum atomic E-state index is 8.10. The number of hydrogen-bond donors (Lipinski definition) is 1. The van der Waals surface area contributed by atoms with Gasteiger partial charge in [-0.3, -0.25) is 0 Å². The predicted octanol–water partition coefficient (Wildman–Crippen LogP) is 1.77. The van der Waals surface area contributed by atoms with E-state index >= 15 is 0 Å². The highest BCUT2D eigenvalue weighted by atomic mass is 14.7. The van der Waals surface area contributed by atoms with Gasteiger partial charge in [0.2, 0.25) is 0 Å². The highest BCUT2D eigenvalue weighted by Gasteiger charge is 2.23. The Kier molecular flexibility index (Phi) is 0.427. The third-order valence-corrected chi connectivity index (χ3v) is 1.21. The van der Waals surface area contributed by atoms with Crippen molar-refractivity contribution >= 4 is 0 Å². The van der Waals surface area contributed by atoms with E-state index in [0.29, 0.717) is 0 Å². The zero-order chi connectivity index (χ0) is 16.6. The fourth-order valence-corrected chi connectivity index (χ4v) is 0.618. The van der Waals surface area contributed by atoms with E-state index in [2.05, 4.69) is 0 Å². The van der Waals surface area contributed by atoms with Crippen molar-refractivity contribution in [3.05, 3.63) is 0 Å². The van der Waals surface area contributed by atoms with Crippen LogP contribution in [-0.4, -0.2) is 6.02 Å². The zero-order valence-corrected chi connectivity index (χ0v) is 5.45. The van der Waals surface area contributed by atoms with Gasteiger partial charge >= 0.3 is 0 Å². The van der Waals surface area contributed by atoms with E-state index in [0.717, 1.165) is 13.8 Å². The molecule has 1 fully saturated rings. The Labute approximate surface area is 73.2 Å². The quantitative estimate of drug-likeness (QED) is 0.587. The number of hydrogen-bond acceptors (Lipinski definition) is 1. The van der Waals surface area contributed by atoms with E-state index in [9.17, 15) is 0 Å². The minimum atomic E-state index is -3.24. The molecule has 0 radical (unpaired) electrons. The van der Waals surface area contributed by atoms with E-state index in [-0.39, 0.29) is 5.72 Å². The van der Waals surface area contributed by atoms with E-state index in [1.165, 1.54) is 0 Å². The second-order valence-corrected chi connectivity index (χ2v) is 1.97. The van der Waals surface area contributed by atoms with Crippen LogP contribution >= 0.6 is 0 Å². The smallest absolute Gasteiger partial charge is 0.119 e. The number of rotatable bonds is 1. The molecule has 0 bridgehead atoms. The summed E-state index contributed by atoms with van der Waals surface area (Å²) in [5.41, 5.74) is -0.377. The molecule has 0 aromatic rings. The van der Waals surface area contributed by atoms with Gasteiger partial charge in [0, 0.05) is 18.4 Å². The van der Waals surface area contributed by atoms with E-state index < -0.39 is 36.9 Å². The SMILES string of the molecule is [2H]N([2H])C1([2H])C([2H])(C)C([2H])([2H])C([2H])([2H])C([2H])([2H])C1([2H])C. The molecule has 1 nitrogen and oxygen atoms in total. The molecule has 0 aromatic carbocycles. The molecule has 9 heavy (non-hydrogen) atoms. The topological polar surface area (TPSA) is 26.0 Å². The average molecular weight is 138 g/mol. The van der Waals surface area contributed by atoms with Crippen LogP contribution in [0, 0.1) is 11.8 Å². The number of nitrogens with two attached hydrogens (primary N) is 1. The summed E-state index contributed by atoms with van der Waals surface area (Å²) in [5.74, 6) is -5.45. The highest BCUT2D eigenvalue weighted by Crippen LogP contribution is 2.26. The molecular formula is C8H17N. The maximum absolute atomic E-state index is 8.10. The monoisotopic (exact) mass is 138 g/mol. The van der Waals surface area contributed by atoms with Crippen molar-refractivity contribution in [2.45, 2.75) is 39.0 Å². The lowest BCUT2D eigenvalue weighted by molar-refractivity contribution is 0.251. The van der Waals surface area contributed by atoms with Gasteiger partial charge in [0.25, 0.3) is 0 Å². The maximum Gasteiger partial charge on any atom is 0.119 e. The van der Waals surface area contributed by atoms with Crippen molar-refractivity contribution in [3.63, 3.8) is 0 Å². The predicted molar refractivity (Wildman–Crippen MR) is 40.2 cm³/mol. The van der Waals surface area contributed by atoms with Gasteiger partial charge in [-0.15, -0.1) is 0 Å². The van der Waals surface area contributed by atoms with E-state index in [1.54, 1.807) is 0 Å². The first-order valence-corrected chi connectivity index (χ1v) is 2.72. The first kappa shape index (κ1) is 1.42. The summed E-state index contributed by atoms with van der Waals surface area (Å²) in [6.07, 6.45) is -9.62. The van der Waals surface area contributed by atoms with Crippen LogP contribution in [0.4, 0.5) is 0 Å². The molecule has 54 valence electrons. The van der Waals surface area contributed by atoms with Crippen molar-refractivity contribution in [2.24, 2.45) is 17.5 Å². The van der Waals surface area contributed by atoms with Crippen molar-refractivity contribution in [1.82, 2.24) is 0 Å². The lowest BCUT2D eigenvalue weighted by Crippen LogP contribution is -2.37.